The quantitative estimate of drug-likeness (QED) is 0.126. The summed E-state index contributed by atoms with van der Waals surface area (Å²) in [6, 6.07) is 148. The van der Waals surface area contributed by atoms with Crippen LogP contribution >= 0.6 is 0 Å². The minimum absolute atomic E-state index is 0.648. The highest BCUT2D eigenvalue weighted by Gasteiger charge is 2.20. The summed E-state index contributed by atoms with van der Waals surface area (Å²) in [4.78, 5) is 29.3. The Hall–Kier alpha value is -16.7. The maximum atomic E-state index is 6.01. The summed E-state index contributed by atoms with van der Waals surface area (Å²) in [5.74, 6) is 2.67. The molecule has 0 aliphatic heterocycles. The van der Waals surface area contributed by atoms with Crippen LogP contribution in [-0.2, 0) is 12.8 Å². The Bertz CT molecular complexity index is 8940. The largest absolute Gasteiger partial charge is 0.436 e. The summed E-state index contributed by atoms with van der Waals surface area (Å²) in [7, 11) is 0. The van der Waals surface area contributed by atoms with Crippen LogP contribution in [0.3, 0.4) is 0 Å². The summed E-state index contributed by atoms with van der Waals surface area (Å²) in [5, 5.41) is 32.4. The first-order valence-electron chi connectivity index (χ1n) is 44.3. The van der Waals surface area contributed by atoms with Gasteiger partial charge in [0.05, 0.1) is 11.0 Å². The van der Waals surface area contributed by atoms with E-state index in [-0.39, 0.29) is 0 Å². The SMILES string of the molecule is CCc1ccc(-c2nc(-c3ccc4cc(CC)ccc4c3)nc(-c3ccc4c5ccccc5c5ccccc5c4c3)n2)cc1.c1cc(-c2ccc3c4ccccc4c4ccccc4c3c2)cc(-c2nc3ccccc3o2)c1.c1ccc2cc(-c3ccc4c5ccc(-c6ccc7cc(-c8cnc9c(ccc%10cccnc%109)c8)ccc7c6)cc5c5ccccc5c4c3)ccc2c1. The summed E-state index contributed by atoms with van der Waals surface area (Å²) in [5.41, 5.74) is 19.6. The molecule has 26 aromatic rings. The van der Waals surface area contributed by atoms with Gasteiger partial charge in [0, 0.05) is 51.0 Å². The van der Waals surface area contributed by atoms with E-state index in [2.05, 4.69) is 406 Å². The number of hydrogen-bond acceptors (Lipinski definition) is 7. The molecule has 4 heterocycles. The number of oxazole rings is 1. The van der Waals surface area contributed by atoms with Gasteiger partial charge in [-0.3, -0.25) is 9.97 Å². The Morgan fingerprint density at radius 2 is 0.519 bits per heavy atom. The van der Waals surface area contributed by atoms with Crippen molar-refractivity contribution in [2.75, 3.05) is 0 Å². The van der Waals surface area contributed by atoms with Crippen LogP contribution in [0.4, 0.5) is 0 Å². The molecule has 0 unspecified atom stereocenters. The third-order valence-electron chi connectivity index (χ3n) is 26.2. The van der Waals surface area contributed by atoms with Crippen molar-refractivity contribution in [1.29, 1.82) is 0 Å². The molecular weight excluding hydrogens is 1570 g/mol. The molecule has 0 saturated heterocycles. The lowest BCUT2D eigenvalue weighted by molar-refractivity contribution is 0.620. The van der Waals surface area contributed by atoms with E-state index in [0.717, 1.165) is 84.7 Å². The molecule has 0 saturated carbocycles. The zero-order valence-corrected chi connectivity index (χ0v) is 70.9. The van der Waals surface area contributed by atoms with Crippen LogP contribution in [0.15, 0.2) is 429 Å². The fraction of sp³-hybridized carbons (Fsp3) is 0.0328. The highest BCUT2D eigenvalue weighted by Crippen LogP contribution is 2.44. The van der Waals surface area contributed by atoms with Gasteiger partial charge in [0.15, 0.2) is 23.1 Å². The summed E-state index contributed by atoms with van der Waals surface area (Å²) in [6.07, 6.45) is 5.81. The molecule has 604 valence electrons. The van der Waals surface area contributed by atoms with E-state index in [4.69, 9.17) is 24.4 Å². The van der Waals surface area contributed by atoms with Gasteiger partial charge >= 0.3 is 0 Å². The number of fused-ring (bicyclic) bond motifs is 25. The van der Waals surface area contributed by atoms with Gasteiger partial charge in [0.2, 0.25) is 5.89 Å². The fourth-order valence-corrected chi connectivity index (χ4v) is 19.5. The standard InChI is InChI=1S/C50H30N2.C41H31N3.C31H19NO/c1-2-7-33-24-36(13-11-31(33)6-1)39-19-21-45-46-22-20-40(29-48(46)44-10-4-3-9-43(44)47(45)28-39)37-15-14-35-26-38(17-16-34(35)25-37)42-27-41-18-12-32-8-5-23-51-49(32)50(41)52-30-42;1-3-26-13-16-28(17-14-26)39-42-40(31-20-19-29-23-27(4-2)15-18-30(29)24-31)44-41(43-39)32-21-22-37-35-11-6-5-9-33(35)34-10-7-8-12-36(34)38(37)25-32;1-2-12-25-23(10-1)24-11-3-4-13-26(24)28-19-21(16-17-27(25)28)20-8-7-9-22(18-20)31-32-29-14-5-6-15-30(29)33-31/h1-30H;5-25H,3-4H2,1-2H3;1-19H. The summed E-state index contributed by atoms with van der Waals surface area (Å²) in [6.45, 7) is 4.36. The van der Waals surface area contributed by atoms with Crippen LogP contribution in [0, 0.1) is 0 Å². The number of aryl methyl sites for hydroxylation is 2. The molecule has 4 aromatic heterocycles. The van der Waals surface area contributed by atoms with Crippen LogP contribution in [0.25, 0.3) is 252 Å². The van der Waals surface area contributed by atoms with Crippen LogP contribution in [0.1, 0.15) is 25.0 Å². The van der Waals surface area contributed by atoms with Crippen LogP contribution in [0.2, 0.25) is 0 Å². The lowest BCUT2D eigenvalue weighted by Crippen LogP contribution is -2.00. The van der Waals surface area contributed by atoms with Crippen LogP contribution in [0.5, 0.6) is 0 Å². The van der Waals surface area contributed by atoms with Crippen molar-refractivity contribution >= 4 is 162 Å². The van der Waals surface area contributed by atoms with E-state index in [1.165, 1.54) is 168 Å². The van der Waals surface area contributed by atoms with E-state index in [1.54, 1.807) is 0 Å². The van der Waals surface area contributed by atoms with Crippen molar-refractivity contribution in [3.05, 3.63) is 436 Å². The third kappa shape index (κ3) is 13.8. The minimum atomic E-state index is 0.648. The van der Waals surface area contributed by atoms with Gasteiger partial charge in [0.25, 0.3) is 0 Å². The summed E-state index contributed by atoms with van der Waals surface area (Å²) >= 11 is 0. The van der Waals surface area contributed by atoms with Crippen LogP contribution in [-0.4, -0.2) is 29.9 Å². The predicted molar refractivity (Wildman–Crippen MR) is 543 cm³/mol. The fourth-order valence-electron chi connectivity index (χ4n) is 19.5. The molecule has 0 radical (unpaired) electrons. The Labute approximate surface area is 744 Å². The van der Waals surface area contributed by atoms with Gasteiger partial charge in [-0.1, -0.05) is 341 Å². The van der Waals surface area contributed by atoms with Gasteiger partial charge < -0.3 is 4.42 Å². The van der Waals surface area contributed by atoms with E-state index in [9.17, 15) is 0 Å². The number of pyridine rings is 2. The number of nitrogens with zero attached hydrogens (tertiary/aromatic N) is 6. The lowest BCUT2D eigenvalue weighted by Gasteiger charge is -2.14. The van der Waals surface area contributed by atoms with Crippen molar-refractivity contribution in [3.63, 3.8) is 0 Å². The molecule has 0 fully saturated rings. The average Bonchev–Trinajstić information content (AvgIpc) is 0.886. The van der Waals surface area contributed by atoms with E-state index >= 15 is 0 Å². The third-order valence-corrected chi connectivity index (χ3v) is 26.2. The highest BCUT2D eigenvalue weighted by molar-refractivity contribution is 6.29. The van der Waals surface area contributed by atoms with E-state index < -0.39 is 0 Å². The normalized spacial score (nSPS) is 11.7. The van der Waals surface area contributed by atoms with E-state index in [0.29, 0.717) is 23.4 Å². The molecule has 129 heavy (non-hydrogen) atoms. The molecule has 0 N–H and O–H groups in total. The molecule has 0 aliphatic rings. The van der Waals surface area contributed by atoms with Gasteiger partial charge in [-0.25, -0.2) is 19.9 Å². The minimum Gasteiger partial charge on any atom is -0.436 e. The van der Waals surface area contributed by atoms with Crippen molar-refractivity contribution in [2.24, 2.45) is 0 Å². The molecule has 0 spiro atoms. The van der Waals surface area contributed by atoms with Crippen molar-refractivity contribution in [1.82, 2.24) is 29.9 Å². The second-order valence-electron chi connectivity index (χ2n) is 33.7. The summed E-state index contributed by atoms with van der Waals surface area (Å²) < 4.78 is 6.01. The van der Waals surface area contributed by atoms with Gasteiger partial charge in [-0.05, 0) is 277 Å². The lowest BCUT2D eigenvalue weighted by atomic mass is 9.90. The molecule has 0 bridgehead atoms. The first kappa shape index (κ1) is 76.0. The van der Waals surface area contributed by atoms with E-state index in [1.807, 2.05) is 42.7 Å². The zero-order valence-electron chi connectivity index (χ0n) is 70.9. The first-order chi connectivity index (χ1) is 63.8. The smallest absolute Gasteiger partial charge is 0.227 e. The Morgan fingerprint density at radius 1 is 0.194 bits per heavy atom. The maximum Gasteiger partial charge on any atom is 0.227 e. The monoisotopic (exact) mass is 1640 g/mol. The highest BCUT2D eigenvalue weighted by atomic mass is 16.3. The van der Waals surface area contributed by atoms with Gasteiger partial charge in [0.1, 0.15) is 5.52 Å². The molecule has 0 atom stereocenters. The van der Waals surface area contributed by atoms with Crippen LogP contribution < -0.4 is 0 Å². The molecule has 26 rings (SSSR count). The molecule has 7 heteroatoms. The molecule has 0 amide bonds. The number of rotatable bonds is 10. The predicted octanol–water partition coefficient (Wildman–Crippen LogP) is 32.8. The van der Waals surface area contributed by atoms with Gasteiger partial charge in [-0.2, -0.15) is 0 Å². The topological polar surface area (TPSA) is 90.5 Å². The second kappa shape index (κ2) is 31.8. The second-order valence-corrected chi connectivity index (χ2v) is 33.7. The zero-order chi connectivity index (χ0) is 85.6. The number of para-hydroxylation sites is 2. The Morgan fingerprint density at radius 3 is 1.05 bits per heavy atom. The molecule has 22 aromatic carbocycles. The number of aromatic nitrogens is 6. The Balaban J connectivity index is 0.000000110. The average molecular weight is 1650 g/mol. The maximum absolute atomic E-state index is 6.01. The number of hydrogen-bond donors (Lipinski definition) is 0. The van der Waals surface area contributed by atoms with Crippen molar-refractivity contribution in [2.45, 2.75) is 26.7 Å². The molecule has 7 nitrogen and oxygen atoms in total. The molecular formula is C122H80N6O. The first-order valence-corrected chi connectivity index (χ1v) is 44.3. The van der Waals surface area contributed by atoms with Crippen molar-refractivity contribution in [3.8, 4) is 90.1 Å². The molecule has 0 aliphatic carbocycles. The Kier molecular flexibility index (Phi) is 18.7. The van der Waals surface area contributed by atoms with Crippen molar-refractivity contribution < 1.29 is 4.42 Å². The number of benzene rings is 22. The van der Waals surface area contributed by atoms with Gasteiger partial charge in [-0.15, -0.1) is 0 Å².